The summed E-state index contributed by atoms with van der Waals surface area (Å²) in [6.45, 7) is 11.5. The molecule has 0 unspecified atom stereocenters. The average molecular weight is 167 g/mol. The van der Waals surface area contributed by atoms with Crippen molar-refractivity contribution in [3.05, 3.63) is 23.9 Å². The van der Waals surface area contributed by atoms with E-state index < -0.39 is 0 Å². The van der Waals surface area contributed by atoms with Gasteiger partial charge in [0.15, 0.2) is 5.89 Å². The third-order valence-electron chi connectivity index (χ3n) is 1.13. The van der Waals surface area contributed by atoms with Crippen LogP contribution in [-0.4, -0.2) is 4.98 Å². The minimum Gasteiger partial charge on any atom is -0.446 e. The van der Waals surface area contributed by atoms with Gasteiger partial charge in [-0.05, 0) is 13.0 Å². The first-order valence-corrected chi connectivity index (χ1v) is 4.22. The van der Waals surface area contributed by atoms with Gasteiger partial charge in [-0.2, -0.15) is 0 Å². The minimum absolute atomic E-state index is 0.697. The molecule has 0 aliphatic carbocycles. The lowest BCUT2D eigenvalue weighted by molar-refractivity contribution is 0.494. The van der Waals surface area contributed by atoms with Crippen LogP contribution < -0.4 is 0 Å². The third-order valence-corrected chi connectivity index (χ3v) is 1.13. The van der Waals surface area contributed by atoms with Crippen molar-refractivity contribution in [1.82, 2.24) is 4.98 Å². The number of aryl methyl sites for hydroxylation is 2. The van der Waals surface area contributed by atoms with E-state index in [0.29, 0.717) is 5.89 Å². The van der Waals surface area contributed by atoms with Gasteiger partial charge in [0.05, 0.1) is 0 Å². The standard InChI is InChI=1S/C7H9NO.C3H8/c1-4-7-5(2)9-6(3)8-7;1-3-2/h4H,1H2,2-3H3;3H2,1-2H3. The Morgan fingerprint density at radius 3 is 2.08 bits per heavy atom. The van der Waals surface area contributed by atoms with Gasteiger partial charge in [0.25, 0.3) is 0 Å². The maximum absolute atomic E-state index is 5.12. The Bertz CT molecular complexity index is 238. The molecule has 0 bridgehead atoms. The SMILES string of the molecule is C=Cc1nc(C)oc1C.CCC. The Balaban J connectivity index is 0.000000354. The molecule has 0 radical (unpaired) electrons. The third kappa shape index (κ3) is 3.37. The highest BCUT2D eigenvalue weighted by Gasteiger charge is 1.99. The van der Waals surface area contributed by atoms with Gasteiger partial charge in [-0.3, -0.25) is 0 Å². The predicted molar refractivity (Wildman–Crippen MR) is 52.0 cm³/mol. The normalized spacial score (nSPS) is 8.67. The van der Waals surface area contributed by atoms with E-state index in [0.717, 1.165) is 11.5 Å². The Morgan fingerprint density at radius 1 is 1.42 bits per heavy atom. The molecule has 0 aliphatic heterocycles. The lowest BCUT2D eigenvalue weighted by atomic mass is 10.4. The summed E-state index contributed by atoms with van der Waals surface area (Å²) < 4.78 is 5.12. The summed E-state index contributed by atoms with van der Waals surface area (Å²) in [7, 11) is 0. The molecule has 1 aromatic rings. The van der Waals surface area contributed by atoms with Crippen LogP contribution in [-0.2, 0) is 0 Å². The molecule has 2 nitrogen and oxygen atoms in total. The monoisotopic (exact) mass is 167 g/mol. The molecule has 0 fully saturated rings. The summed E-state index contributed by atoms with van der Waals surface area (Å²) in [5, 5.41) is 0. The van der Waals surface area contributed by atoms with E-state index in [1.165, 1.54) is 6.42 Å². The van der Waals surface area contributed by atoms with Gasteiger partial charge in [0, 0.05) is 6.92 Å². The molecule has 0 N–H and O–H groups in total. The van der Waals surface area contributed by atoms with Gasteiger partial charge in [0.2, 0.25) is 0 Å². The van der Waals surface area contributed by atoms with Crippen LogP contribution in [0.3, 0.4) is 0 Å². The lowest BCUT2D eigenvalue weighted by Crippen LogP contribution is -1.72. The van der Waals surface area contributed by atoms with Gasteiger partial charge in [-0.15, -0.1) is 0 Å². The Morgan fingerprint density at radius 2 is 1.92 bits per heavy atom. The quantitative estimate of drug-likeness (QED) is 0.641. The Kier molecular flexibility index (Phi) is 5.09. The zero-order valence-electron chi connectivity index (χ0n) is 8.35. The topological polar surface area (TPSA) is 26.0 Å². The van der Waals surface area contributed by atoms with Crippen molar-refractivity contribution in [2.24, 2.45) is 0 Å². The van der Waals surface area contributed by atoms with Crippen LogP contribution in [0.25, 0.3) is 6.08 Å². The van der Waals surface area contributed by atoms with E-state index in [1.54, 1.807) is 6.08 Å². The van der Waals surface area contributed by atoms with Crippen LogP contribution in [0.15, 0.2) is 11.0 Å². The van der Waals surface area contributed by atoms with Crippen LogP contribution in [0.2, 0.25) is 0 Å². The van der Waals surface area contributed by atoms with Crippen LogP contribution in [0.1, 0.15) is 37.6 Å². The van der Waals surface area contributed by atoms with E-state index in [-0.39, 0.29) is 0 Å². The molecule has 0 amide bonds. The maximum Gasteiger partial charge on any atom is 0.191 e. The first kappa shape index (κ1) is 11.0. The van der Waals surface area contributed by atoms with E-state index >= 15 is 0 Å². The minimum atomic E-state index is 0.697. The van der Waals surface area contributed by atoms with Crippen LogP contribution >= 0.6 is 0 Å². The summed E-state index contributed by atoms with van der Waals surface area (Å²) in [5.74, 6) is 1.53. The highest BCUT2D eigenvalue weighted by molar-refractivity contribution is 5.43. The fraction of sp³-hybridized carbons (Fsp3) is 0.500. The smallest absolute Gasteiger partial charge is 0.191 e. The van der Waals surface area contributed by atoms with Gasteiger partial charge in [-0.25, -0.2) is 4.98 Å². The van der Waals surface area contributed by atoms with Crippen molar-refractivity contribution in [3.63, 3.8) is 0 Å². The van der Waals surface area contributed by atoms with Gasteiger partial charge in [-0.1, -0.05) is 26.8 Å². The summed E-state index contributed by atoms with van der Waals surface area (Å²) in [4.78, 5) is 4.04. The van der Waals surface area contributed by atoms with Crippen molar-refractivity contribution in [3.8, 4) is 0 Å². The van der Waals surface area contributed by atoms with Gasteiger partial charge in [0.1, 0.15) is 11.5 Å². The molecule has 1 rings (SSSR count). The zero-order valence-corrected chi connectivity index (χ0v) is 8.35. The molecule has 0 aliphatic rings. The molecule has 12 heavy (non-hydrogen) atoms. The van der Waals surface area contributed by atoms with Crippen LogP contribution in [0, 0.1) is 13.8 Å². The summed E-state index contributed by atoms with van der Waals surface area (Å²) in [6, 6.07) is 0. The van der Waals surface area contributed by atoms with Crippen molar-refractivity contribution in [2.45, 2.75) is 34.1 Å². The molecule has 0 saturated heterocycles. The Hall–Kier alpha value is -1.05. The molecule has 1 heterocycles. The van der Waals surface area contributed by atoms with Crippen molar-refractivity contribution < 1.29 is 4.42 Å². The molecule has 0 spiro atoms. The van der Waals surface area contributed by atoms with Crippen LogP contribution in [0.4, 0.5) is 0 Å². The highest BCUT2D eigenvalue weighted by atomic mass is 16.4. The second-order valence-electron chi connectivity index (χ2n) is 2.59. The fourth-order valence-corrected chi connectivity index (χ4v) is 0.734. The number of oxazole rings is 1. The van der Waals surface area contributed by atoms with Crippen molar-refractivity contribution in [2.75, 3.05) is 0 Å². The average Bonchev–Trinajstić information content (AvgIpc) is 2.31. The molecule has 0 aromatic carbocycles. The molecule has 0 atom stereocenters. The molecule has 0 saturated carbocycles. The number of hydrogen-bond acceptors (Lipinski definition) is 2. The van der Waals surface area contributed by atoms with Crippen molar-refractivity contribution >= 4 is 6.08 Å². The Labute approximate surface area is 74.3 Å². The number of rotatable bonds is 1. The van der Waals surface area contributed by atoms with E-state index in [4.69, 9.17) is 4.42 Å². The predicted octanol–water partition coefficient (Wildman–Crippen LogP) is 3.35. The number of aromatic nitrogens is 1. The molecule has 2 heteroatoms. The number of nitrogens with zero attached hydrogens (tertiary/aromatic N) is 1. The molecule has 68 valence electrons. The van der Waals surface area contributed by atoms with Crippen molar-refractivity contribution in [1.29, 1.82) is 0 Å². The van der Waals surface area contributed by atoms with E-state index in [9.17, 15) is 0 Å². The first-order valence-electron chi connectivity index (χ1n) is 4.22. The van der Waals surface area contributed by atoms with E-state index in [2.05, 4.69) is 25.4 Å². The largest absolute Gasteiger partial charge is 0.446 e. The second-order valence-corrected chi connectivity index (χ2v) is 2.59. The molecule has 1 aromatic heterocycles. The maximum atomic E-state index is 5.12. The molecular formula is C10H17NO. The summed E-state index contributed by atoms with van der Waals surface area (Å²) >= 11 is 0. The fourth-order valence-electron chi connectivity index (χ4n) is 0.734. The molecular weight excluding hydrogens is 150 g/mol. The van der Waals surface area contributed by atoms with Crippen LogP contribution in [0.5, 0.6) is 0 Å². The summed E-state index contributed by atoms with van der Waals surface area (Å²) in [6.07, 6.45) is 2.94. The zero-order chi connectivity index (χ0) is 9.56. The lowest BCUT2D eigenvalue weighted by Gasteiger charge is -1.79. The van der Waals surface area contributed by atoms with Gasteiger partial charge < -0.3 is 4.42 Å². The van der Waals surface area contributed by atoms with Gasteiger partial charge >= 0.3 is 0 Å². The second kappa shape index (κ2) is 5.58. The number of hydrogen-bond donors (Lipinski definition) is 0. The first-order chi connectivity index (χ1) is 5.65. The summed E-state index contributed by atoms with van der Waals surface area (Å²) in [5.41, 5.74) is 0.840. The highest BCUT2D eigenvalue weighted by Crippen LogP contribution is 2.08. The van der Waals surface area contributed by atoms with E-state index in [1.807, 2.05) is 13.8 Å².